The van der Waals surface area contributed by atoms with E-state index in [2.05, 4.69) is 63.8 Å². The van der Waals surface area contributed by atoms with Crippen LogP contribution in [0.15, 0.2) is 115 Å². The molecular formula is C82H118N18O17. The van der Waals surface area contributed by atoms with E-state index in [9.17, 15) is 77.3 Å². The normalized spacial score (nSPS) is 14.6. The Kier molecular flexibility index (Phi) is 41.1. The lowest BCUT2D eigenvalue weighted by molar-refractivity contribution is -0.144. The second-order valence-corrected chi connectivity index (χ2v) is 29.6. The summed E-state index contributed by atoms with van der Waals surface area (Å²) in [5.41, 5.74) is 36.5. The van der Waals surface area contributed by atoms with Gasteiger partial charge >= 0.3 is 5.97 Å². The van der Waals surface area contributed by atoms with Gasteiger partial charge in [-0.05, 0) is 141 Å². The number of aliphatic carboxylic acids is 1. The highest BCUT2D eigenvalue weighted by Crippen LogP contribution is 2.23. The largest absolute Gasteiger partial charge is 0.480 e. The maximum Gasteiger partial charge on any atom is 0.326 e. The van der Waals surface area contributed by atoms with Gasteiger partial charge in [0.1, 0.15) is 66.5 Å². The standard InChI is InChI=1S/C82H118N18O17/c1-6-48(4)70(82(116)117)100-81(115)66(46-101)91-69(104)45-89-73(107)58(33-15-18-38-84)93-78(112)63(42-53-28-20-26-51-24-10-12-30-55(51)53)97-75(109)59(34-16-19-39-85)92-71(105)49(5)90-74(108)60(35-36-67(87)102)94-79(113)64(43-54-29-21-27-52-25-11-13-31-56(52)54)98-80(114)65(44-68(88)103)99-77(111)62(41-50-22-8-7-9-23-50)96-76(110)61(40-47(2)3)95-72(106)57(86)32-14-17-37-83/h7-13,20-31,47-49,57-66,70,101H,6,14-19,32-46,83-86H2,1-5H3,(H2,87,102)(H2,88,103)(H,89,107)(H,90,108)(H,91,104)(H,92,105)(H,93,112)(H,94,113)(H,95,106)(H,96,110)(H,97,109)(H,98,114)(H,99,111)(H,100,115)(H,116,117)/t48-,49-,57-,58-,59-,60-,61-,62-,63-,64-,65-,66-,70-/m0/s1. The van der Waals surface area contributed by atoms with Crippen LogP contribution in [0.25, 0.3) is 21.5 Å². The Bertz CT molecular complexity index is 4180. The van der Waals surface area contributed by atoms with Crippen LogP contribution in [0.3, 0.4) is 0 Å². The number of carbonyl (C=O) groups excluding carboxylic acids is 14. The minimum absolute atomic E-state index is 0.0315. The van der Waals surface area contributed by atoms with E-state index in [4.69, 9.17) is 34.4 Å². The smallest absolute Gasteiger partial charge is 0.326 e. The van der Waals surface area contributed by atoms with Gasteiger partial charge in [0.2, 0.25) is 82.7 Å². The van der Waals surface area contributed by atoms with E-state index in [1.54, 1.807) is 117 Å². The van der Waals surface area contributed by atoms with Gasteiger partial charge in [0.15, 0.2) is 0 Å². The third kappa shape index (κ3) is 32.6. The van der Waals surface area contributed by atoms with Crippen LogP contribution in [0.4, 0.5) is 0 Å². The highest BCUT2D eigenvalue weighted by atomic mass is 16.4. The lowest BCUT2D eigenvalue weighted by Crippen LogP contribution is -2.61. The monoisotopic (exact) mass is 1630 g/mol. The van der Waals surface area contributed by atoms with Crippen molar-refractivity contribution in [1.82, 2.24) is 63.8 Å². The van der Waals surface area contributed by atoms with Crippen molar-refractivity contribution >= 4 is 110 Å². The van der Waals surface area contributed by atoms with Crippen molar-refractivity contribution in [2.75, 3.05) is 32.8 Å². The molecule has 35 heteroatoms. The average molecular weight is 1630 g/mol. The molecule has 0 bridgehead atoms. The third-order valence-electron chi connectivity index (χ3n) is 19.7. The number of nitrogens with two attached hydrogens (primary N) is 6. The van der Waals surface area contributed by atoms with Gasteiger partial charge in [-0.2, -0.15) is 0 Å². The van der Waals surface area contributed by atoms with Crippen molar-refractivity contribution in [2.24, 2.45) is 46.2 Å². The first-order valence-corrected chi connectivity index (χ1v) is 39.7. The zero-order chi connectivity index (χ0) is 86.3. The zero-order valence-electron chi connectivity index (χ0n) is 67.1. The van der Waals surface area contributed by atoms with Gasteiger partial charge in [0, 0.05) is 25.7 Å². The van der Waals surface area contributed by atoms with Crippen molar-refractivity contribution in [1.29, 1.82) is 0 Å². The van der Waals surface area contributed by atoms with Crippen LogP contribution in [0.2, 0.25) is 0 Å². The van der Waals surface area contributed by atoms with Crippen LogP contribution < -0.4 is 98.2 Å². The summed E-state index contributed by atoms with van der Waals surface area (Å²) in [6.45, 7) is 7.27. The molecule has 5 aromatic rings. The Morgan fingerprint density at radius 2 is 0.803 bits per heavy atom. The summed E-state index contributed by atoms with van der Waals surface area (Å²) in [7, 11) is 0. The van der Waals surface area contributed by atoms with E-state index in [0.717, 1.165) is 10.8 Å². The van der Waals surface area contributed by atoms with E-state index in [1.165, 1.54) is 6.92 Å². The van der Waals surface area contributed by atoms with Crippen molar-refractivity contribution in [3.05, 3.63) is 132 Å². The van der Waals surface area contributed by atoms with Gasteiger partial charge in [0.05, 0.1) is 25.6 Å². The fourth-order valence-electron chi connectivity index (χ4n) is 12.9. The second-order valence-electron chi connectivity index (χ2n) is 29.6. The molecule has 5 rings (SSSR count). The van der Waals surface area contributed by atoms with E-state index < -0.39 is 200 Å². The van der Waals surface area contributed by atoms with Crippen LogP contribution in [0.1, 0.15) is 141 Å². The molecular weight excluding hydrogens is 1510 g/mol. The number of unbranched alkanes of at least 4 members (excludes halogenated alkanes) is 3. The third-order valence-corrected chi connectivity index (χ3v) is 19.7. The number of hydrogen-bond donors (Lipinski definition) is 20. The topological polar surface area (TPSA) is 597 Å². The Morgan fingerprint density at radius 1 is 0.393 bits per heavy atom. The summed E-state index contributed by atoms with van der Waals surface area (Å²) < 4.78 is 0. The van der Waals surface area contributed by atoms with Crippen molar-refractivity contribution < 1.29 is 82.1 Å². The molecule has 0 saturated carbocycles. The molecule has 0 aliphatic carbocycles. The van der Waals surface area contributed by atoms with Gasteiger partial charge in [-0.15, -0.1) is 0 Å². The maximum absolute atomic E-state index is 15.1. The van der Waals surface area contributed by atoms with Gasteiger partial charge < -0.3 is 108 Å². The number of nitrogens with one attached hydrogen (secondary N) is 12. The number of carbonyl (C=O) groups is 15. The summed E-state index contributed by atoms with van der Waals surface area (Å²) in [6, 6.07) is 15.6. The number of benzene rings is 5. The first-order chi connectivity index (χ1) is 55.8. The minimum Gasteiger partial charge on any atom is -0.480 e. The van der Waals surface area contributed by atoms with Gasteiger partial charge in [-0.3, -0.25) is 67.1 Å². The molecule has 117 heavy (non-hydrogen) atoms. The fraction of sp³-hybridized carbons (Fsp3) is 0.500. The van der Waals surface area contributed by atoms with Crippen LogP contribution in [-0.4, -0.2) is 204 Å². The molecule has 5 aromatic carbocycles. The highest BCUT2D eigenvalue weighted by Gasteiger charge is 2.38. The lowest BCUT2D eigenvalue weighted by atomic mass is 9.97. The fourth-order valence-corrected chi connectivity index (χ4v) is 12.9. The molecule has 0 unspecified atom stereocenters. The maximum atomic E-state index is 15.1. The molecule has 0 heterocycles. The second kappa shape index (κ2) is 50.1. The molecule has 0 radical (unpaired) electrons. The van der Waals surface area contributed by atoms with E-state index in [-0.39, 0.29) is 76.8 Å². The molecule has 0 aliphatic rings. The van der Waals surface area contributed by atoms with Crippen LogP contribution >= 0.6 is 0 Å². The number of aliphatic hydroxyl groups excluding tert-OH is 1. The van der Waals surface area contributed by atoms with Crippen molar-refractivity contribution in [3.63, 3.8) is 0 Å². The number of hydrogen-bond acceptors (Lipinski definition) is 20. The number of rotatable bonds is 53. The van der Waals surface area contributed by atoms with E-state index in [0.29, 0.717) is 66.1 Å². The summed E-state index contributed by atoms with van der Waals surface area (Å²) in [5.74, 6) is -15.1. The van der Waals surface area contributed by atoms with Crippen molar-refractivity contribution in [3.8, 4) is 0 Å². The molecule has 638 valence electrons. The van der Waals surface area contributed by atoms with Gasteiger partial charge in [-0.1, -0.05) is 156 Å². The van der Waals surface area contributed by atoms with Crippen LogP contribution in [0, 0.1) is 11.8 Å². The van der Waals surface area contributed by atoms with Crippen LogP contribution in [0.5, 0.6) is 0 Å². The summed E-state index contributed by atoms with van der Waals surface area (Å²) in [4.78, 5) is 209. The number of primary amides is 2. The quantitative estimate of drug-likeness (QED) is 0.0197. The Labute approximate surface area is 680 Å². The summed E-state index contributed by atoms with van der Waals surface area (Å²) in [6.07, 6.45) is 0.615. The SMILES string of the molecule is CC[C@H](C)[C@H](NC(=O)[C@H](CO)NC(=O)CNC(=O)[C@H](CCCCN)NC(=O)[C@H](Cc1cccc2ccccc12)NC(=O)[C@H](CCCCN)NC(=O)[C@H](C)NC(=O)[C@H](CCC(N)=O)NC(=O)[C@H](Cc1cccc2ccccc12)NC(=O)[C@H](CC(N)=O)NC(=O)[C@H](Cc1ccccc1)NC(=O)[C@H](CC(C)C)NC(=O)[C@@H](N)CCCCN)C(=O)O. The molecule has 35 nitrogen and oxygen atoms in total. The Balaban J connectivity index is 1.43. The first kappa shape index (κ1) is 96.1. The summed E-state index contributed by atoms with van der Waals surface area (Å²) >= 11 is 0. The van der Waals surface area contributed by atoms with Gasteiger partial charge in [-0.25, -0.2) is 4.79 Å². The molecule has 14 amide bonds. The molecule has 0 aliphatic heterocycles. The van der Waals surface area contributed by atoms with E-state index >= 15 is 4.79 Å². The Hall–Kier alpha value is -11.5. The first-order valence-electron chi connectivity index (χ1n) is 39.7. The zero-order valence-corrected chi connectivity index (χ0v) is 67.1. The number of amides is 14. The van der Waals surface area contributed by atoms with Crippen LogP contribution in [-0.2, 0) is 91.2 Å². The number of carboxylic acids is 1. The molecule has 0 aromatic heterocycles. The Morgan fingerprint density at radius 3 is 1.29 bits per heavy atom. The lowest BCUT2D eigenvalue weighted by Gasteiger charge is -2.28. The molecule has 0 fully saturated rings. The van der Waals surface area contributed by atoms with Gasteiger partial charge in [0.25, 0.3) is 0 Å². The minimum atomic E-state index is -1.83. The predicted octanol–water partition coefficient (Wildman–Crippen LogP) is -1.49. The molecule has 0 spiro atoms. The van der Waals surface area contributed by atoms with E-state index in [1.807, 2.05) is 26.0 Å². The number of aliphatic hydroxyl groups is 1. The molecule has 0 saturated heterocycles. The highest BCUT2D eigenvalue weighted by molar-refractivity contribution is 6.01. The van der Waals surface area contributed by atoms with Crippen molar-refractivity contribution in [2.45, 2.75) is 216 Å². The predicted molar refractivity (Wildman–Crippen MR) is 438 cm³/mol. The molecule has 13 atom stereocenters. The molecule has 26 N–H and O–H groups in total. The average Bonchev–Trinajstić information content (AvgIpc) is 0.818. The summed E-state index contributed by atoms with van der Waals surface area (Å²) in [5, 5.41) is 53.4. The number of fused-ring (bicyclic) bond motifs is 2. The number of carboxylic acid groups (broad SMARTS) is 1.